The number of amidine groups is 1. The van der Waals surface area contributed by atoms with Gasteiger partial charge in [-0.3, -0.25) is 0 Å². The second kappa shape index (κ2) is 7.06. The molecule has 1 fully saturated rings. The lowest BCUT2D eigenvalue weighted by molar-refractivity contribution is 0.247. The maximum absolute atomic E-state index is 12.6. The molecule has 0 saturated carbocycles. The molecule has 1 rings (SSSR count). The number of rotatable bonds is 6. The van der Waals surface area contributed by atoms with Gasteiger partial charge in [0.15, 0.2) is 5.84 Å². The van der Waals surface area contributed by atoms with Gasteiger partial charge in [-0.15, -0.1) is 0 Å². The molecule has 1 unspecified atom stereocenters. The molecule has 0 amide bonds. The third-order valence-electron chi connectivity index (χ3n) is 3.30. The van der Waals surface area contributed by atoms with Crippen molar-refractivity contribution >= 4 is 16.0 Å². The zero-order valence-corrected chi connectivity index (χ0v) is 12.4. The van der Waals surface area contributed by atoms with Crippen LogP contribution in [0.25, 0.3) is 0 Å². The third-order valence-corrected chi connectivity index (χ3v) is 5.40. The molecule has 0 spiro atoms. The Kier molecular flexibility index (Phi) is 6.02. The Balaban J connectivity index is 2.91. The smallest absolute Gasteiger partial charge is 0.282 e. The molecular weight excluding hydrogens is 268 g/mol. The van der Waals surface area contributed by atoms with E-state index in [9.17, 15) is 8.42 Å². The van der Waals surface area contributed by atoms with Crippen molar-refractivity contribution in [2.45, 2.75) is 45.6 Å². The van der Waals surface area contributed by atoms with Crippen LogP contribution >= 0.6 is 0 Å². The summed E-state index contributed by atoms with van der Waals surface area (Å²) in [7, 11) is -3.55. The number of piperidine rings is 1. The van der Waals surface area contributed by atoms with E-state index in [4.69, 9.17) is 10.9 Å². The highest BCUT2D eigenvalue weighted by Crippen LogP contribution is 2.22. The van der Waals surface area contributed by atoms with Crippen LogP contribution in [-0.4, -0.2) is 53.7 Å². The number of nitrogens with two attached hydrogens (primary N) is 1. The van der Waals surface area contributed by atoms with Crippen LogP contribution in [0.15, 0.2) is 5.16 Å². The van der Waals surface area contributed by atoms with Crippen molar-refractivity contribution < 1.29 is 13.6 Å². The molecule has 0 aromatic heterocycles. The zero-order chi connectivity index (χ0) is 14.5. The van der Waals surface area contributed by atoms with Gasteiger partial charge in [0.1, 0.15) is 0 Å². The van der Waals surface area contributed by atoms with Gasteiger partial charge < -0.3 is 10.9 Å². The van der Waals surface area contributed by atoms with Gasteiger partial charge >= 0.3 is 0 Å². The fourth-order valence-corrected chi connectivity index (χ4v) is 4.23. The van der Waals surface area contributed by atoms with E-state index in [1.807, 2.05) is 13.8 Å². The van der Waals surface area contributed by atoms with E-state index in [2.05, 4.69) is 5.16 Å². The first-order chi connectivity index (χ1) is 8.93. The number of hydrogen-bond acceptors (Lipinski definition) is 4. The predicted molar refractivity (Wildman–Crippen MR) is 74.2 cm³/mol. The van der Waals surface area contributed by atoms with E-state index >= 15 is 0 Å². The lowest BCUT2D eigenvalue weighted by Gasteiger charge is -2.36. The van der Waals surface area contributed by atoms with Gasteiger partial charge in [-0.1, -0.05) is 18.5 Å². The molecule has 0 aromatic carbocycles. The molecule has 112 valence electrons. The Morgan fingerprint density at radius 1 is 1.53 bits per heavy atom. The van der Waals surface area contributed by atoms with E-state index in [0.29, 0.717) is 19.5 Å². The maximum Gasteiger partial charge on any atom is 0.282 e. The van der Waals surface area contributed by atoms with Gasteiger partial charge in [0.2, 0.25) is 0 Å². The molecule has 19 heavy (non-hydrogen) atoms. The minimum atomic E-state index is -3.55. The summed E-state index contributed by atoms with van der Waals surface area (Å²) in [5.74, 6) is -0.0957. The van der Waals surface area contributed by atoms with Crippen molar-refractivity contribution in [2.24, 2.45) is 10.9 Å². The predicted octanol–water partition coefficient (Wildman–Crippen LogP) is 0.564. The summed E-state index contributed by atoms with van der Waals surface area (Å²) in [6.07, 6.45) is 3.50. The fraction of sp³-hybridized carbons (Fsp3) is 0.909. The van der Waals surface area contributed by atoms with Crippen LogP contribution in [0.4, 0.5) is 0 Å². The molecule has 1 saturated heterocycles. The maximum atomic E-state index is 12.6. The monoisotopic (exact) mass is 292 g/mol. The van der Waals surface area contributed by atoms with Crippen molar-refractivity contribution in [1.82, 2.24) is 8.61 Å². The van der Waals surface area contributed by atoms with Gasteiger partial charge in [0, 0.05) is 19.1 Å². The zero-order valence-electron chi connectivity index (χ0n) is 11.6. The average molecular weight is 292 g/mol. The molecular formula is C11H24N4O3S. The highest BCUT2D eigenvalue weighted by Gasteiger charge is 2.34. The molecule has 8 heteroatoms. The van der Waals surface area contributed by atoms with Crippen LogP contribution in [0.5, 0.6) is 0 Å². The second-order valence-corrected chi connectivity index (χ2v) is 6.77. The summed E-state index contributed by atoms with van der Waals surface area (Å²) in [6, 6.07) is 0.00500. The Hall–Kier alpha value is -0.860. The Morgan fingerprint density at radius 2 is 2.21 bits per heavy atom. The first-order valence-electron chi connectivity index (χ1n) is 6.66. The first-order valence-corrected chi connectivity index (χ1v) is 8.06. The minimum Gasteiger partial charge on any atom is -0.409 e. The first kappa shape index (κ1) is 16.2. The quantitative estimate of drug-likeness (QED) is 0.323. The SMILES string of the molecule is CCCN(CC(N)=NO)S(=O)(=O)N1CCCCC1C. The Bertz CT molecular complexity index is 410. The summed E-state index contributed by atoms with van der Waals surface area (Å²) in [5.41, 5.74) is 5.44. The lowest BCUT2D eigenvalue weighted by Crippen LogP contribution is -2.51. The standard InChI is InChI=1S/C11H24N4O3S/c1-3-7-14(9-11(12)13-16)19(17,18)15-8-5-4-6-10(15)2/h10,16H,3-9H2,1-2H3,(H2,12,13). The molecule has 3 N–H and O–H groups in total. The van der Waals surface area contributed by atoms with Gasteiger partial charge in [0.25, 0.3) is 10.2 Å². The van der Waals surface area contributed by atoms with E-state index < -0.39 is 10.2 Å². The van der Waals surface area contributed by atoms with Gasteiger partial charge in [-0.25, -0.2) is 0 Å². The fourth-order valence-electron chi connectivity index (χ4n) is 2.30. The number of oxime groups is 1. The van der Waals surface area contributed by atoms with E-state index in [1.54, 1.807) is 0 Å². The van der Waals surface area contributed by atoms with E-state index in [0.717, 1.165) is 19.3 Å². The Morgan fingerprint density at radius 3 is 2.74 bits per heavy atom. The molecule has 1 heterocycles. The van der Waals surface area contributed by atoms with Crippen molar-refractivity contribution in [1.29, 1.82) is 0 Å². The third kappa shape index (κ3) is 4.05. The van der Waals surface area contributed by atoms with Crippen LogP contribution in [0, 0.1) is 0 Å². The Labute approximate surface area is 115 Å². The second-order valence-electron chi connectivity index (χ2n) is 4.89. The highest BCUT2D eigenvalue weighted by molar-refractivity contribution is 7.86. The largest absolute Gasteiger partial charge is 0.409 e. The van der Waals surface area contributed by atoms with Gasteiger partial charge in [0.05, 0.1) is 6.54 Å². The summed E-state index contributed by atoms with van der Waals surface area (Å²) in [6.45, 7) is 4.65. The number of nitrogens with zero attached hydrogens (tertiary/aromatic N) is 3. The normalized spacial score (nSPS) is 22.9. The molecule has 1 atom stereocenters. The van der Waals surface area contributed by atoms with Crippen LogP contribution in [0.2, 0.25) is 0 Å². The van der Waals surface area contributed by atoms with Crippen molar-refractivity contribution in [3.05, 3.63) is 0 Å². The van der Waals surface area contributed by atoms with Gasteiger partial charge in [-0.05, 0) is 26.2 Å². The minimum absolute atomic E-state index is 0.00500. The molecule has 0 radical (unpaired) electrons. The van der Waals surface area contributed by atoms with Crippen molar-refractivity contribution in [3.63, 3.8) is 0 Å². The molecule has 0 aromatic rings. The van der Waals surface area contributed by atoms with E-state index in [-0.39, 0.29) is 18.4 Å². The van der Waals surface area contributed by atoms with E-state index in [1.165, 1.54) is 8.61 Å². The number of hydrogen-bond donors (Lipinski definition) is 2. The molecule has 0 aliphatic carbocycles. The summed E-state index contributed by atoms with van der Waals surface area (Å²) < 4.78 is 28.0. The highest BCUT2D eigenvalue weighted by atomic mass is 32.2. The van der Waals surface area contributed by atoms with Crippen LogP contribution in [0.3, 0.4) is 0 Å². The molecule has 1 aliphatic heterocycles. The molecule has 1 aliphatic rings. The molecule has 7 nitrogen and oxygen atoms in total. The van der Waals surface area contributed by atoms with Crippen molar-refractivity contribution in [3.8, 4) is 0 Å². The van der Waals surface area contributed by atoms with Crippen LogP contribution < -0.4 is 5.73 Å². The van der Waals surface area contributed by atoms with Gasteiger partial charge in [-0.2, -0.15) is 17.0 Å². The van der Waals surface area contributed by atoms with Crippen LogP contribution in [0.1, 0.15) is 39.5 Å². The summed E-state index contributed by atoms with van der Waals surface area (Å²) in [5, 5.41) is 11.5. The summed E-state index contributed by atoms with van der Waals surface area (Å²) in [4.78, 5) is 0. The average Bonchev–Trinajstić information content (AvgIpc) is 2.38. The lowest BCUT2D eigenvalue weighted by atomic mass is 10.1. The van der Waals surface area contributed by atoms with Crippen molar-refractivity contribution in [2.75, 3.05) is 19.6 Å². The van der Waals surface area contributed by atoms with Crippen LogP contribution in [-0.2, 0) is 10.2 Å². The molecule has 0 bridgehead atoms. The topological polar surface area (TPSA) is 99.2 Å². The summed E-state index contributed by atoms with van der Waals surface area (Å²) >= 11 is 0.